The van der Waals surface area contributed by atoms with Crippen LogP contribution in [0.25, 0.3) is 0 Å². The van der Waals surface area contributed by atoms with Crippen LogP contribution in [0.4, 0.5) is 4.79 Å². The molecule has 3 aliphatic carbocycles. The van der Waals surface area contributed by atoms with Crippen LogP contribution in [-0.2, 0) is 73.2 Å². The lowest BCUT2D eigenvalue weighted by Gasteiger charge is -2.67. The van der Waals surface area contributed by atoms with Gasteiger partial charge in [-0.15, -0.1) is 0 Å². The number of alkyl carbamates (subject to hydrolysis) is 1. The number of carbonyl (C=O) groups is 10. The highest BCUT2D eigenvalue weighted by Gasteiger charge is 2.78. The first-order valence-electron chi connectivity index (χ1n) is 29.9. The Labute approximate surface area is 522 Å². The second kappa shape index (κ2) is 27.8. The highest BCUT2D eigenvalue weighted by molar-refractivity contribution is 5.97. The summed E-state index contributed by atoms with van der Waals surface area (Å²) in [5.41, 5.74) is -8.66. The van der Waals surface area contributed by atoms with Crippen LogP contribution in [0.3, 0.4) is 0 Å². The van der Waals surface area contributed by atoms with E-state index in [2.05, 4.69) is 33.2 Å². The molecular weight excluding hydrogens is 1170 g/mol. The Morgan fingerprint density at radius 1 is 0.789 bits per heavy atom. The Morgan fingerprint density at radius 3 is 1.97 bits per heavy atom. The van der Waals surface area contributed by atoms with Crippen molar-refractivity contribution in [1.82, 2.24) is 26.6 Å². The fourth-order valence-electron chi connectivity index (χ4n) is 12.7. The lowest BCUT2D eigenvalue weighted by atomic mass is 9.44. The van der Waals surface area contributed by atoms with Gasteiger partial charge in [-0.25, -0.2) is 14.4 Å². The van der Waals surface area contributed by atoms with Crippen molar-refractivity contribution in [3.05, 3.63) is 131 Å². The van der Waals surface area contributed by atoms with E-state index >= 15 is 9.59 Å². The smallest absolute Gasteiger partial charge is 0.408 e. The molecular formula is C66H83N5O19. The van der Waals surface area contributed by atoms with Gasteiger partial charge in [-0.2, -0.15) is 0 Å². The summed E-state index contributed by atoms with van der Waals surface area (Å²) in [5.74, 6) is -10.4. The molecule has 1 saturated heterocycles. The molecule has 2 bridgehead atoms. The molecule has 24 heteroatoms. The van der Waals surface area contributed by atoms with Crippen LogP contribution < -0.4 is 26.6 Å². The topological polar surface area (TPSA) is 347 Å². The molecule has 90 heavy (non-hydrogen) atoms. The highest BCUT2D eigenvalue weighted by atomic mass is 16.6. The van der Waals surface area contributed by atoms with Crippen LogP contribution >= 0.6 is 0 Å². The van der Waals surface area contributed by atoms with Crippen molar-refractivity contribution < 1.29 is 91.7 Å². The number of nitrogens with one attached hydrogen (secondary N) is 5. The fourth-order valence-corrected chi connectivity index (χ4v) is 12.7. The average Bonchev–Trinajstić information content (AvgIpc) is 0.672. The number of benzene rings is 3. The first-order valence-corrected chi connectivity index (χ1v) is 29.9. The second-order valence-electron chi connectivity index (χ2n) is 25.7. The van der Waals surface area contributed by atoms with Crippen molar-refractivity contribution in [1.29, 1.82) is 0 Å². The molecule has 2 saturated carbocycles. The third-order valence-corrected chi connectivity index (χ3v) is 17.3. The van der Waals surface area contributed by atoms with Gasteiger partial charge in [0, 0.05) is 37.2 Å². The zero-order valence-electron chi connectivity index (χ0n) is 52.5. The largest absolute Gasteiger partial charge is 0.455 e. The van der Waals surface area contributed by atoms with E-state index in [1.54, 1.807) is 101 Å². The van der Waals surface area contributed by atoms with E-state index in [9.17, 15) is 53.7 Å². The van der Waals surface area contributed by atoms with Crippen molar-refractivity contribution in [3.8, 4) is 0 Å². The minimum absolute atomic E-state index is 0.00141. The zero-order valence-corrected chi connectivity index (χ0v) is 52.5. The number of hydrogen-bond donors (Lipinski definition) is 8. The lowest BCUT2D eigenvalue weighted by Crippen LogP contribution is -2.81. The zero-order chi connectivity index (χ0) is 66.4. The summed E-state index contributed by atoms with van der Waals surface area (Å²) in [5, 5.41) is 51.4. The molecule has 0 radical (unpaired) electrons. The second-order valence-corrected chi connectivity index (χ2v) is 25.7. The van der Waals surface area contributed by atoms with Crippen molar-refractivity contribution in [2.45, 2.75) is 173 Å². The fraction of sp³-hybridized carbons (Fsp3) is 0.515. The van der Waals surface area contributed by atoms with Crippen LogP contribution in [0, 0.1) is 22.7 Å². The number of amides is 5. The Hall–Kier alpha value is -8.32. The van der Waals surface area contributed by atoms with Crippen molar-refractivity contribution in [3.63, 3.8) is 0 Å². The molecule has 486 valence electrons. The van der Waals surface area contributed by atoms with Gasteiger partial charge < -0.3 is 70.3 Å². The number of carbonyl (C=O) groups excluding carboxylic acids is 10. The van der Waals surface area contributed by atoms with E-state index in [4.69, 9.17) is 28.4 Å². The number of hydrogen-bond acceptors (Lipinski definition) is 19. The molecule has 24 nitrogen and oxygen atoms in total. The summed E-state index contributed by atoms with van der Waals surface area (Å²) < 4.78 is 36.3. The van der Waals surface area contributed by atoms with Gasteiger partial charge in [-0.05, 0) is 88.3 Å². The molecule has 4 unspecified atom stereocenters. The van der Waals surface area contributed by atoms with Crippen molar-refractivity contribution in [2.75, 3.05) is 19.7 Å². The number of ether oxygens (including phenoxy) is 6. The van der Waals surface area contributed by atoms with Gasteiger partial charge in [0.25, 0.3) is 0 Å². The standard InChI is InChI=1S/C66H83N5O19/c1-35(2)28-42(70-58(80)43(29-39-22-16-13-17-23-39)69-47(74)32-67-56(78)36(3)4)57(79)68-33-48(75)87-52(50(40-24-18-14-19-25-40)71-61(83)90-62(7,8)9)60(82)86-44-31-66(84)55(88-59(81)41-26-20-15-21-27-41)53-64(12,54(77)51(76)49(37(44)5)63(66,10)11)45(73)30-46-65(53,34-85-46)89-38(6)72/h13-27,35,42-46,50-53,55,73,76,84H,3,28-34H2,1-2,4-12H3,(H,67,78)(H,68,79)(H,69,74)(H,70,80)(H,71,83)/t42?,43?,44-,45-,46?,50-,51+,52+,53?,55-,64+,65-,66+/m0/s1. The predicted molar refractivity (Wildman–Crippen MR) is 322 cm³/mol. The summed E-state index contributed by atoms with van der Waals surface area (Å²) in [6, 6.07) is 19.9. The van der Waals surface area contributed by atoms with E-state index < -0.39 is 167 Å². The molecule has 8 N–H and O–H groups in total. The summed E-state index contributed by atoms with van der Waals surface area (Å²) >= 11 is 0. The minimum atomic E-state index is -2.55. The quantitative estimate of drug-likeness (QED) is 0.0306. The number of aliphatic hydroxyl groups excluding tert-OH is 2. The van der Waals surface area contributed by atoms with Gasteiger partial charge in [0.15, 0.2) is 11.4 Å². The molecule has 1 heterocycles. The highest BCUT2D eigenvalue weighted by Crippen LogP contribution is 2.64. The van der Waals surface area contributed by atoms with Gasteiger partial charge in [0.05, 0.1) is 36.2 Å². The Kier molecular flexibility index (Phi) is 21.4. The first kappa shape index (κ1) is 69.2. The van der Waals surface area contributed by atoms with Crippen LogP contribution in [0.15, 0.2) is 114 Å². The van der Waals surface area contributed by atoms with Crippen molar-refractivity contribution in [2.24, 2.45) is 22.7 Å². The molecule has 3 fully saturated rings. The molecule has 7 rings (SSSR count). The number of rotatable bonds is 22. The Bertz CT molecular complexity index is 3260. The number of aliphatic hydroxyl groups is 3. The van der Waals surface area contributed by atoms with E-state index in [1.165, 1.54) is 58.9 Å². The SMILES string of the molecule is C=C(C)C(=O)NCC(=O)NC(Cc1ccccc1)C(=O)NC(CC(C)C)C(=O)NCC(=O)O[C@@H](C(=O)O[C@H]1C[C@@]2(O)[C@@H](OC(=O)c3ccccc3)C3[C@]4(OC(C)=O)COC4C[C@H](O)[C@@]3(C)C(=O)[C@H](O)C(=C1C)C2(C)C)[C@@H](NC(=O)OC(C)(C)C)c1ccccc1. The molecule has 3 aromatic carbocycles. The van der Waals surface area contributed by atoms with Gasteiger partial charge in [0.1, 0.15) is 60.3 Å². The number of esters is 4. The maximum absolute atomic E-state index is 15.5. The number of ketones is 1. The van der Waals surface area contributed by atoms with Crippen LogP contribution in [0.1, 0.15) is 123 Å². The monoisotopic (exact) mass is 1250 g/mol. The molecule has 3 aromatic rings. The summed E-state index contributed by atoms with van der Waals surface area (Å²) in [6.45, 7) is 18.3. The van der Waals surface area contributed by atoms with Gasteiger partial charge in [0.2, 0.25) is 29.7 Å². The number of fused-ring (bicyclic) bond motifs is 5. The summed E-state index contributed by atoms with van der Waals surface area (Å²) in [7, 11) is 0. The predicted octanol–water partition coefficient (Wildman–Crippen LogP) is 3.88. The van der Waals surface area contributed by atoms with Gasteiger partial charge in [-0.1, -0.05) is 113 Å². The van der Waals surface area contributed by atoms with E-state index in [0.29, 0.717) is 5.56 Å². The minimum Gasteiger partial charge on any atom is -0.455 e. The summed E-state index contributed by atoms with van der Waals surface area (Å²) in [4.78, 5) is 140. The molecule has 0 aromatic heterocycles. The molecule has 13 atom stereocenters. The van der Waals surface area contributed by atoms with Crippen LogP contribution in [-0.4, -0.2) is 160 Å². The third-order valence-electron chi connectivity index (χ3n) is 17.3. The molecule has 5 amide bonds. The molecule has 4 aliphatic rings. The Balaban J connectivity index is 1.25. The average molecular weight is 1250 g/mol. The molecule has 0 spiro atoms. The third kappa shape index (κ3) is 14.9. The van der Waals surface area contributed by atoms with Gasteiger partial charge in [-0.3, -0.25) is 33.6 Å². The number of Topliss-reactive ketones (excluding diaryl/α,β-unsaturated/α-hetero) is 1. The normalized spacial score (nSPS) is 26.2. The lowest BCUT2D eigenvalue weighted by molar-refractivity contribution is -0.346. The van der Waals surface area contributed by atoms with Crippen LogP contribution in [0.5, 0.6) is 0 Å². The Morgan fingerprint density at radius 2 is 1.40 bits per heavy atom. The molecule has 1 aliphatic heterocycles. The maximum atomic E-state index is 15.5. The van der Waals surface area contributed by atoms with E-state index in [0.717, 1.165) is 6.92 Å². The first-order chi connectivity index (χ1) is 42.1. The van der Waals surface area contributed by atoms with E-state index in [-0.39, 0.29) is 59.6 Å². The van der Waals surface area contributed by atoms with Crippen molar-refractivity contribution >= 4 is 59.4 Å². The maximum Gasteiger partial charge on any atom is 0.408 e. The van der Waals surface area contributed by atoms with E-state index in [1.807, 2.05) is 0 Å². The van der Waals surface area contributed by atoms with Gasteiger partial charge >= 0.3 is 30.0 Å². The van der Waals surface area contributed by atoms with Crippen LogP contribution in [0.2, 0.25) is 0 Å². The summed E-state index contributed by atoms with van der Waals surface area (Å²) in [6.07, 6.45) is -12.8.